The molecule has 0 fully saturated rings. The number of aryl methyl sites for hydroxylation is 2. The molecule has 0 amide bonds. The maximum absolute atomic E-state index is 5.11. The second-order valence-electron chi connectivity index (χ2n) is 7.71. The molecule has 0 heterocycles. The van der Waals surface area contributed by atoms with E-state index in [9.17, 15) is 0 Å². The van der Waals surface area contributed by atoms with Crippen LogP contribution in [-0.2, 0) is 20.4 Å². The van der Waals surface area contributed by atoms with Crippen molar-refractivity contribution in [3.63, 3.8) is 0 Å². The number of hydrogen-bond donors (Lipinski definition) is 0. The van der Waals surface area contributed by atoms with Crippen LogP contribution in [0, 0.1) is 13.8 Å². The summed E-state index contributed by atoms with van der Waals surface area (Å²) in [5.41, 5.74) is 6.93. The van der Waals surface area contributed by atoms with E-state index in [-0.39, 0.29) is 20.4 Å². The van der Waals surface area contributed by atoms with Crippen LogP contribution in [0.1, 0.15) is 76.3 Å². The molecular formula is C26H36N2Pd. The van der Waals surface area contributed by atoms with E-state index >= 15 is 0 Å². The molecule has 0 unspecified atom stereocenters. The Labute approximate surface area is 191 Å². The Hall–Kier alpha value is -1.56. The average molecular weight is 483 g/mol. The predicted molar refractivity (Wildman–Crippen MR) is 125 cm³/mol. The van der Waals surface area contributed by atoms with Gasteiger partial charge in [-0.15, -0.1) is 0 Å². The standard InChI is InChI=1S/C26H36N2.Pd/c1-5-7-9-13-17-26(28-24-19-21(3)18-22(4)20-24)25(16-8-6-2)27-23-14-11-10-12-15-23;/h10-12,14-15,18-20H,5-9,13,16-17H2,1-4H3;. The third-order valence-corrected chi connectivity index (χ3v) is 4.86. The molecule has 2 rings (SSSR count). The Morgan fingerprint density at radius 1 is 0.655 bits per heavy atom. The molecule has 29 heavy (non-hydrogen) atoms. The third kappa shape index (κ3) is 9.66. The number of hydrogen-bond acceptors (Lipinski definition) is 2. The van der Waals surface area contributed by atoms with Gasteiger partial charge in [0.15, 0.2) is 0 Å². The monoisotopic (exact) mass is 482 g/mol. The van der Waals surface area contributed by atoms with Gasteiger partial charge >= 0.3 is 0 Å². The van der Waals surface area contributed by atoms with E-state index in [0.29, 0.717) is 0 Å². The van der Waals surface area contributed by atoms with E-state index < -0.39 is 0 Å². The first-order valence-corrected chi connectivity index (χ1v) is 10.9. The van der Waals surface area contributed by atoms with Gasteiger partial charge in [0.25, 0.3) is 0 Å². The van der Waals surface area contributed by atoms with E-state index in [4.69, 9.17) is 9.98 Å². The molecule has 0 aliphatic heterocycles. The molecule has 0 aromatic heterocycles. The Balaban J connectivity index is 0.00000420. The largest absolute Gasteiger partial charge is 0.252 e. The average Bonchev–Trinajstić information content (AvgIpc) is 2.67. The third-order valence-electron chi connectivity index (χ3n) is 4.86. The zero-order valence-electron chi connectivity index (χ0n) is 18.5. The Bertz CT molecular complexity index is 758. The predicted octanol–water partition coefficient (Wildman–Crippen LogP) is 8.31. The van der Waals surface area contributed by atoms with Crippen molar-refractivity contribution in [2.45, 2.75) is 79.1 Å². The first-order valence-electron chi connectivity index (χ1n) is 10.9. The summed E-state index contributed by atoms with van der Waals surface area (Å²) in [7, 11) is 0. The van der Waals surface area contributed by atoms with Crippen LogP contribution < -0.4 is 0 Å². The Kier molecular flexibility index (Phi) is 12.7. The molecule has 0 saturated carbocycles. The topological polar surface area (TPSA) is 24.7 Å². The van der Waals surface area contributed by atoms with Gasteiger partial charge in [-0.05, 0) is 74.9 Å². The summed E-state index contributed by atoms with van der Waals surface area (Å²) in [6.45, 7) is 8.78. The van der Waals surface area contributed by atoms with Gasteiger partial charge in [-0.1, -0.05) is 63.8 Å². The number of aliphatic imine (C=N–C) groups is 2. The molecule has 0 N–H and O–H groups in total. The minimum absolute atomic E-state index is 0. The summed E-state index contributed by atoms with van der Waals surface area (Å²) < 4.78 is 0. The van der Waals surface area contributed by atoms with Gasteiger partial charge in [-0.3, -0.25) is 9.98 Å². The van der Waals surface area contributed by atoms with Crippen molar-refractivity contribution < 1.29 is 20.4 Å². The molecule has 2 aromatic rings. The number of nitrogens with zero attached hydrogens (tertiary/aromatic N) is 2. The van der Waals surface area contributed by atoms with Crippen molar-refractivity contribution in [1.82, 2.24) is 0 Å². The second-order valence-corrected chi connectivity index (χ2v) is 7.71. The van der Waals surface area contributed by atoms with Crippen molar-refractivity contribution in [2.75, 3.05) is 0 Å². The zero-order chi connectivity index (χ0) is 20.2. The van der Waals surface area contributed by atoms with Crippen LogP contribution in [0.3, 0.4) is 0 Å². The molecule has 160 valence electrons. The molecule has 0 aliphatic carbocycles. The molecule has 0 atom stereocenters. The Morgan fingerprint density at radius 3 is 1.79 bits per heavy atom. The molecule has 0 saturated heterocycles. The summed E-state index contributed by atoms with van der Waals surface area (Å²) >= 11 is 0. The normalized spacial score (nSPS) is 12.0. The molecule has 2 aromatic carbocycles. The molecular weight excluding hydrogens is 447 g/mol. The summed E-state index contributed by atoms with van der Waals surface area (Å²) in [5, 5.41) is 0. The van der Waals surface area contributed by atoms with Crippen molar-refractivity contribution in [3.05, 3.63) is 59.7 Å². The van der Waals surface area contributed by atoms with Crippen LogP contribution in [0.4, 0.5) is 11.4 Å². The smallest absolute Gasteiger partial charge is 0.0639 e. The van der Waals surface area contributed by atoms with Crippen molar-refractivity contribution in [2.24, 2.45) is 9.98 Å². The molecule has 0 aliphatic rings. The first kappa shape index (κ1) is 25.5. The molecule has 0 spiro atoms. The van der Waals surface area contributed by atoms with Gasteiger partial charge in [0, 0.05) is 20.4 Å². The maximum atomic E-state index is 5.11. The van der Waals surface area contributed by atoms with Crippen LogP contribution in [0.15, 0.2) is 58.5 Å². The van der Waals surface area contributed by atoms with E-state index in [2.05, 4.69) is 70.2 Å². The van der Waals surface area contributed by atoms with Crippen molar-refractivity contribution in [3.8, 4) is 0 Å². The van der Waals surface area contributed by atoms with Gasteiger partial charge in [-0.25, -0.2) is 0 Å². The number of benzene rings is 2. The van der Waals surface area contributed by atoms with Gasteiger partial charge < -0.3 is 0 Å². The maximum Gasteiger partial charge on any atom is 0.0639 e. The molecule has 0 bridgehead atoms. The van der Waals surface area contributed by atoms with Crippen LogP contribution in [-0.4, -0.2) is 11.4 Å². The fourth-order valence-electron chi connectivity index (χ4n) is 3.42. The molecule has 2 nitrogen and oxygen atoms in total. The molecule has 3 heteroatoms. The van der Waals surface area contributed by atoms with Crippen LogP contribution in [0.25, 0.3) is 0 Å². The van der Waals surface area contributed by atoms with E-state index in [1.807, 2.05) is 6.07 Å². The van der Waals surface area contributed by atoms with Crippen molar-refractivity contribution >= 4 is 22.8 Å². The minimum Gasteiger partial charge on any atom is -0.252 e. The number of unbranched alkanes of at least 4 members (excludes halogenated alkanes) is 4. The van der Waals surface area contributed by atoms with E-state index in [1.165, 1.54) is 48.9 Å². The minimum atomic E-state index is 0. The fraction of sp³-hybridized carbons (Fsp3) is 0.462. The van der Waals surface area contributed by atoms with Gasteiger partial charge in [-0.2, -0.15) is 0 Å². The quantitative estimate of drug-likeness (QED) is 0.175. The summed E-state index contributed by atoms with van der Waals surface area (Å²) in [5.74, 6) is 0. The number of rotatable bonds is 11. The fourth-order valence-corrected chi connectivity index (χ4v) is 3.42. The summed E-state index contributed by atoms with van der Waals surface area (Å²) in [6, 6.07) is 16.9. The van der Waals surface area contributed by atoms with Gasteiger partial charge in [0.05, 0.1) is 22.8 Å². The van der Waals surface area contributed by atoms with Crippen LogP contribution in [0.5, 0.6) is 0 Å². The zero-order valence-corrected chi connectivity index (χ0v) is 20.0. The SMILES string of the molecule is CCCCCCC(=Nc1cc(C)cc(C)c1)C(CCCC)=Nc1ccccc1.[Pd]. The van der Waals surface area contributed by atoms with Crippen molar-refractivity contribution in [1.29, 1.82) is 0 Å². The Morgan fingerprint density at radius 2 is 1.21 bits per heavy atom. The van der Waals surface area contributed by atoms with E-state index in [1.54, 1.807) is 0 Å². The second kappa shape index (κ2) is 14.4. The molecule has 0 radical (unpaired) electrons. The van der Waals surface area contributed by atoms with E-state index in [0.717, 1.165) is 36.3 Å². The van der Waals surface area contributed by atoms with Gasteiger partial charge in [0.1, 0.15) is 0 Å². The van der Waals surface area contributed by atoms with Crippen LogP contribution >= 0.6 is 0 Å². The van der Waals surface area contributed by atoms with Crippen LogP contribution in [0.2, 0.25) is 0 Å². The number of para-hydroxylation sites is 1. The summed E-state index contributed by atoms with van der Waals surface area (Å²) in [6.07, 6.45) is 9.28. The summed E-state index contributed by atoms with van der Waals surface area (Å²) in [4.78, 5) is 10.1. The van der Waals surface area contributed by atoms with Gasteiger partial charge in [0.2, 0.25) is 0 Å². The first-order chi connectivity index (χ1) is 13.6.